The van der Waals surface area contributed by atoms with E-state index in [-0.39, 0.29) is 0 Å². The third-order valence-electron chi connectivity index (χ3n) is 4.16. The lowest BCUT2D eigenvalue weighted by Crippen LogP contribution is -2.30. The van der Waals surface area contributed by atoms with Gasteiger partial charge in [0, 0.05) is 0 Å². The highest BCUT2D eigenvalue weighted by Gasteiger charge is 2.28. The van der Waals surface area contributed by atoms with Gasteiger partial charge in [0.2, 0.25) is 0 Å². The molecule has 90 valence electrons. The van der Waals surface area contributed by atoms with Crippen LogP contribution in [0.2, 0.25) is 0 Å². The molecule has 1 heteroatoms. The molecule has 1 aliphatic carbocycles. The summed E-state index contributed by atoms with van der Waals surface area (Å²) < 4.78 is 0. The van der Waals surface area contributed by atoms with Gasteiger partial charge >= 0.3 is 0 Å². The standard InChI is InChI=1S/C14H29N/c1-2-3-4-7-10-14(13-15)11-8-5-6-9-12-14/h2-13,15H2,1H3. The van der Waals surface area contributed by atoms with Crippen LogP contribution in [-0.4, -0.2) is 6.54 Å². The first-order valence-electron chi connectivity index (χ1n) is 7.03. The Morgan fingerprint density at radius 1 is 0.933 bits per heavy atom. The Morgan fingerprint density at radius 3 is 2.13 bits per heavy atom. The normalized spacial score (nSPS) is 21.2. The molecule has 0 aliphatic heterocycles. The highest BCUT2D eigenvalue weighted by Crippen LogP contribution is 2.38. The molecule has 0 unspecified atom stereocenters. The van der Waals surface area contributed by atoms with E-state index in [0.29, 0.717) is 5.41 Å². The molecular weight excluding hydrogens is 182 g/mol. The maximum atomic E-state index is 6.02. The van der Waals surface area contributed by atoms with Crippen LogP contribution in [0.25, 0.3) is 0 Å². The Kier molecular flexibility index (Phi) is 6.31. The van der Waals surface area contributed by atoms with Crippen LogP contribution < -0.4 is 5.73 Å². The van der Waals surface area contributed by atoms with Crippen molar-refractivity contribution in [1.82, 2.24) is 0 Å². The summed E-state index contributed by atoms with van der Waals surface area (Å²) in [5.41, 5.74) is 6.55. The van der Waals surface area contributed by atoms with E-state index in [2.05, 4.69) is 6.92 Å². The summed E-state index contributed by atoms with van der Waals surface area (Å²) >= 11 is 0. The van der Waals surface area contributed by atoms with Crippen LogP contribution in [0.5, 0.6) is 0 Å². The van der Waals surface area contributed by atoms with Crippen LogP contribution in [0.3, 0.4) is 0 Å². The Morgan fingerprint density at radius 2 is 1.60 bits per heavy atom. The minimum atomic E-state index is 0.532. The van der Waals surface area contributed by atoms with E-state index < -0.39 is 0 Å². The van der Waals surface area contributed by atoms with Crippen LogP contribution in [0, 0.1) is 5.41 Å². The minimum absolute atomic E-state index is 0.532. The van der Waals surface area contributed by atoms with Crippen LogP contribution in [0.1, 0.15) is 77.6 Å². The molecule has 0 radical (unpaired) electrons. The molecule has 0 saturated heterocycles. The maximum Gasteiger partial charge on any atom is -0.00205 e. The van der Waals surface area contributed by atoms with Gasteiger partial charge in [0.05, 0.1) is 0 Å². The summed E-state index contributed by atoms with van der Waals surface area (Å²) in [6, 6.07) is 0. The quantitative estimate of drug-likeness (QED) is 0.515. The van der Waals surface area contributed by atoms with Crippen LogP contribution in [0.15, 0.2) is 0 Å². The molecule has 2 N–H and O–H groups in total. The van der Waals surface area contributed by atoms with Crippen LogP contribution >= 0.6 is 0 Å². The lowest BCUT2D eigenvalue weighted by molar-refractivity contribution is 0.224. The summed E-state index contributed by atoms with van der Waals surface area (Å²) in [5.74, 6) is 0. The molecule has 0 atom stereocenters. The average Bonchev–Trinajstić information content (AvgIpc) is 2.51. The molecule has 1 fully saturated rings. The fraction of sp³-hybridized carbons (Fsp3) is 1.00. The summed E-state index contributed by atoms with van der Waals surface area (Å²) in [7, 11) is 0. The number of unbranched alkanes of at least 4 members (excludes halogenated alkanes) is 3. The van der Waals surface area contributed by atoms with Gasteiger partial charge < -0.3 is 5.73 Å². The van der Waals surface area contributed by atoms with Gasteiger partial charge in [-0.1, -0.05) is 58.3 Å². The lowest BCUT2D eigenvalue weighted by Gasteiger charge is -2.31. The van der Waals surface area contributed by atoms with Gasteiger partial charge in [0.15, 0.2) is 0 Å². The second-order valence-electron chi connectivity index (χ2n) is 5.43. The fourth-order valence-corrected chi connectivity index (χ4v) is 2.96. The first-order chi connectivity index (χ1) is 7.33. The van der Waals surface area contributed by atoms with E-state index in [1.54, 1.807) is 0 Å². The van der Waals surface area contributed by atoms with Crippen molar-refractivity contribution in [3.05, 3.63) is 0 Å². The molecule has 0 aromatic carbocycles. The first kappa shape index (κ1) is 13.0. The zero-order valence-electron chi connectivity index (χ0n) is 10.6. The van der Waals surface area contributed by atoms with E-state index in [1.807, 2.05) is 0 Å². The molecule has 0 amide bonds. The van der Waals surface area contributed by atoms with Gasteiger partial charge in [-0.2, -0.15) is 0 Å². The molecule has 0 bridgehead atoms. The molecule has 1 saturated carbocycles. The van der Waals surface area contributed by atoms with E-state index in [4.69, 9.17) is 5.73 Å². The van der Waals surface area contributed by atoms with E-state index >= 15 is 0 Å². The molecule has 1 aliphatic rings. The van der Waals surface area contributed by atoms with Crippen molar-refractivity contribution in [2.75, 3.05) is 6.54 Å². The molecule has 0 heterocycles. The van der Waals surface area contributed by atoms with Gasteiger partial charge in [-0.15, -0.1) is 0 Å². The number of hydrogen-bond acceptors (Lipinski definition) is 1. The first-order valence-corrected chi connectivity index (χ1v) is 7.03. The predicted octanol–water partition coefficient (Wildman–Crippen LogP) is 4.26. The Labute approximate surface area is 95.8 Å². The van der Waals surface area contributed by atoms with Crippen molar-refractivity contribution in [1.29, 1.82) is 0 Å². The number of nitrogens with two attached hydrogens (primary N) is 1. The molecule has 0 aromatic heterocycles. The molecule has 0 aromatic rings. The topological polar surface area (TPSA) is 26.0 Å². The summed E-state index contributed by atoms with van der Waals surface area (Å²) in [6.45, 7) is 3.21. The Bertz CT molecular complexity index is 145. The minimum Gasteiger partial charge on any atom is -0.330 e. The van der Waals surface area contributed by atoms with E-state index in [0.717, 1.165) is 6.54 Å². The third kappa shape index (κ3) is 4.55. The van der Waals surface area contributed by atoms with Crippen molar-refractivity contribution in [2.45, 2.75) is 77.6 Å². The third-order valence-corrected chi connectivity index (χ3v) is 4.16. The highest BCUT2D eigenvalue weighted by atomic mass is 14.6. The molecule has 15 heavy (non-hydrogen) atoms. The van der Waals surface area contributed by atoms with Crippen LogP contribution in [-0.2, 0) is 0 Å². The van der Waals surface area contributed by atoms with Gasteiger partial charge in [0.25, 0.3) is 0 Å². The number of hydrogen-bond donors (Lipinski definition) is 1. The fourth-order valence-electron chi connectivity index (χ4n) is 2.96. The smallest absolute Gasteiger partial charge is 0.00205 e. The van der Waals surface area contributed by atoms with Gasteiger partial charge in [-0.05, 0) is 31.2 Å². The monoisotopic (exact) mass is 211 g/mol. The van der Waals surface area contributed by atoms with Gasteiger partial charge in [-0.3, -0.25) is 0 Å². The molecule has 1 rings (SSSR count). The van der Waals surface area contributed by atoms with Crippen LogP contribution in [0.4, 0.5) is 0 Å². The highest BCUT2D eigenvalue weighted by molar-refractivity contribution is 4.82. The van der Waals surface area contributed by atoms with Gasteiger partial charge in [0.1, 0.15) is 0 Å². The number of rotatable bonds is 6. The predicted molar refractivity (Wildman–Crippen MR) is 67.9 cm³/mol. The van der Waals surface area contributed by atoms with E-state index in [1.165, 1.54) is 70.6 Å². The SMILES string of the molecule is CCCCCCC1(CN)CCCCCC1. The zero-order valence-corrected chi connectivity index (χ0v) is 10.6. The van der Waals surface area contributed by atoms with Crippen molar-refractivity contribution in [3.8, 4) is 0 Å². The van der Waals surface area contributed by atoms with Crippen molar-refractivity contribution >= 4 is 0 Å². The largest absolute Gasteiger partial charge is 0.330 e. The second-order valence-corrected chi connectivity index (χ2v) is 5.43. The Balaban J connectivity index is 2.29. The van der Waals surface area contributed by atoms with E-state index in [9.17, 15) is 0 Å². The maximum absolute atomic E-state index is 6.02. The molecular formula is C14H29N. The molecule has 0 spiro atoms. The Hall–Kier alpha value is -0.0400. The summed E-state index contributed by atoms with van der Waals surface area (Å²) in [5, 5.41) is 0. The summed E-state index contributed by atoms with van der Waals surface area (Å²) in [6.07, 6.45) is 15.5. The van der Waals surface area contributed by atoms with Crippen molar-refractivity contribution < 1.29 is 0 Å². The van der Waals surface area contributed by atoms with Crippen molar-refractivity contribution in [3.63, 3.8) is 0 Å². The lowest BCUT2D eigenvalue weighted by atomic mass is 9.76. The average molecular weight is 211 g/mol. The summed E-state index contributed by atoms with van der Waals surface area (Å²) in [4.78, 5) is 0. The molecule has 1 nitrogen and oxygen atoms in total. The van der Waals surface area contributed by atoms with Crippen molar-refractivity contribution in [2.24, 2.45) is 11.1 Å². The second kappa shape index (κ2) is 7.27. The zero-order chi connectivity index (χ0) is 11.0. The van der Waals surface area contributed by atoms with Gasteiger partial charge in [-0.25, -0.2) is 0 Å².